The maximum atomic E-state index is 11.6. The highest BCUT2D eigenvalue weighted by atomic mass is 16.1. The van der Waals surface area contributed by atoms with Crippen molar-refractivity contribution in [3.63, 3.8) is 0 Å². The molecule has 1 aromatic rings. The van der Waals surface area contributed by atoms with Crippen molar-refractivity contribution in [1.82, 2.24) is 10.6 Å². The highest BCUT2D eigenvalue weighted by molar-refractivity contribution is 5.78. The third kappa shape index (κ3) is 5.03. The summed E-state index contributed by atoms with van der Waals surface area (Å²) in [7, 11) is 0. The molecule has 0 aromatic heterocycles. The van der Waals surface area contributed by atoms with Crippen LogP contribution in [-0.2, 0) is 16.8 Å². The molecule has 19 heavy (non-hydrogen) atoms. The van der Waals surface area contributed by atoms with Gasteiger partial charge in [-0.05, 0) is 35.6 Å². The molecule has 2 N–H and O–H groups in total. The van der Waals surface area contributed by atoms with E-state index in [9.17, 15) is 4.79 Å². The number of hydrogen-bond acceptors (Lipinski definition) is 2. The summed E-state index contributed by atoms with van der Waals surface area (Å²) in [5.41, 5.74) is 3.85. The van der Waals surface area contributed by atoms with E-state index in [4.69, 9.17) is 0 Å². The van der Waals surface area contributed by atoms with E-state index in [1.165, 1.54) is 16.7 Å². The maximum Gasteiger partial charge on any atom is 0.234 e. The van der Waals surface area contributed by atoms with Crippen LogP contribution in [0, 0.1) is 6.92 Å². The number of likely N-dealkylation sites (N-methyl/N-ethyl adjacent to an activating group) is 1. The van der Waals surface area contributed by atoms with Gasteiger partial charge in [-0.3, -0.25) is 4.79 Å². The number of nitrogens with one attached hydrogen (secondary N) is 2. The van der Waals surface area contributed by atoms with Crippen LogP contribution >= 0.6 is 0 Å². The normalized spacial score (nSPS) is 11.4. The predicted molar refractivity (Wildman–Crippen MR) is 80.3 cm³/mol. The molecule has 0 unspecified atom stereocenters. The molecule has 0 aliphatic heterocycles. The van der Waals surface area contributed by atoms with Gasteiger partial charge in [-0.25, -0.2) is 0 Å². The van der Waals surface area contributed by atoms with Gasteiger partial charge in [0.15, 0.2) is 0 Å². The molecule has 0 saturated carbocycles. The maximum absolute atomic E-state index is 11.6. The van der Waals surface area contributed by atoms with E-state index < -0.39 is 0 Å². The smallest absolute Gasteiger partial charge is 0.234 e. The molecular weight excluding hydrogens is 236 g/mol. The van der Waals surface area contributed by atoms with Gasteiger partial charge < -0.3 is 10.6 Å². The van der Waals surface area contributed by atoms with Crippen LogP contribution in [0.4, 0.5) is 0 Å². The predicted octanol–water partition coefficient (Wildman–Crippen LogP) is 2.52. The van der Waals surface area contributed by atoms with E-state index in [1.807, 2.05) is 6.92 Å². The molecule has 1 aromatic carbocycles. The van der Waals surface area contributed by atoms with E-state index >= 15 is 0 Å². The number of rotatable bonds is 5. The number of hydrogen-bond donors (Lipinski definition) is 2. The Kier molecular flexibility index (Phi) is 5.55. The van der Waals surface area contributed by atoms with Crippen molar-refractivity contribution in [1.29, 1.82) is 0 Å². The van der Waals surface area contributed by atoms with Gasteiger partial charge in [-0.15, -0.1) is 0 Å². The second-order valence-electron chi connectivity index (χ2n) is 5.95. The van der Waals surface area contributed by atoms with Gasteiger partial charge in [0.1, 0.15) is 0 Å². The first-order chi connectivity index (χ1) is 8.84. The van der Waals surface area contributed by atoms with Crippen molar-refractivity contribution in [2.45, 2.75) is 46.6 Å². The summed E-state index contributed by atoms with van der Waals surface area (Å²) in [6, 6.07) is 6.49. The first-order valence-corrected chi connectivity index (χ1v) is 6.92. The van der Waals surface area contributed by atoms with Crippen molar-refractivity contribution in [2.75, 3.05) is 13.1 Å². The topological polar surface area (TPSA) is 41.1 Å². The number of carbonyl (C=O) groups is 1. The molecule has 0 heterocycles. The zero-order valence-electron chi connectivity index (χ0n) is 12.8. The van der Waals surface area contributed by atoms with Crippen LogP contribution in [0.25, 0.3) is 0 Å². The Morgan fingerprint density at radius 3 is 2.53 bits per heavy atom. The summed E-state index contributed by atoms with van der Waals surface area (Å²) >= 11 is 0. The number of carbonyl (C=O) groups excluding carboxylic acids is 1. The molecule has 1 amide bonds. The molecule has 3 nitrogen and oxygen atoms in total. The van der Waals surface area contributed by atoms with Crippen LogP contribution in [0.1, 0.15) is 44.4 Å². The van der Waals surface area contributed by atoms with Crippen molar-refractivity contribution in [3.05, 3.63) is 34.9 Å². The van der Waals surface area contributed by atoms with E-state index in [0.29, 0.717) is 13.1 Å². The Labute approximate surface area is 116 Å². The molecule has 1 rings (SSSR count). The quantitative estimate of drug-likeness (QED) is 0.856. The third-order valence-corrected chi connectivity index (χ3v) is 3.23. The summed E-state index contributed by atoms with van der Waals surface area (Å²) in [5, 5.41) is 5.97. The lowest BCUT2D eigenvalue weighted by Crippen LogP contribution is -2.33. The lowest BCUT2D eigenvalue weighted by molar-refractivity contribution is -0.120. The minimum atomic E-state index is 0.0439. The van der Waals surface area contributed by atoms with Crippen LogP contribution in [0.2, 0.25) is 0 Å². The van der Waals surface area contributed by atoms with Gasteiger partial charge in [0.25, 0.3) is 0 Å². The van der Waals surface area contributed by atoms with Gasteiger partial charge in [-0.2, -0.15) is 0 Å². The average Bonchev–Trinajstić information content (AvgIpc) is 2.33. The standard InChI is InChI=1S/C16H26N2O/c1-6-17-11-15(19)18-10-13-9-14(16(3,4)5)8-7-12(13)2/h7-9,17H,6,10-11H2,1-5H3,(H,18,19). The van der Waals surface area contributed by atoms with E-state index in [1.54, 1.807) is 0 Å². The van der Waals surface area contributed by atoms with Gasteiger partial charge in [-0.1, -0.05) is 45.9 Å². The van der Waals surface area contributed by atoms with Crippen LogP contribution in [0.15, 0.2) is 18.2 Å². The summed E-state index contributed by atoms with van der Waals surface area (Å²) in [6.45, 7) is 12.5. The first kappa shape index (κ1) is 15.7. The molecule has 0 atom stereocenters. The van der Waals surface area contributed by atoms with Crippen LogP contribution in [0.3, 0.4) is 0 Å². The van der Waals surface area contributed by atoms with Crippen molar-refractivity contribution < 1.29 is 4.79 Å². The summed E-state index contributed by atoms with van der Waals surface area (Å²) < 4.78 is 0. The highest BCUT2D eigenvalue weighted by Crippen LogP contribution is 2.24. The largest absolute Gasteiger partial charge is 0.351 e. The molecular formula is C16H26N2O. The van der Waals surface area contributed by atoms with Crippen LogP contribution < -0.4 is 10.6 Å². The molecule has 3 heteroatoms. The minimum Gasteiger partial charge on any atom is -0.351 e. The molecule has 0 aliphatic rings. The van der Waals surface area contributed by atoms with E-state index in [0.717, 1.165) is 6.54 Å². The van der Waals surface area contributed by atoms with Crippen LogP contribution in [0.5, 0.6) is 0 Å². The second-order valence-corrected chi connectivity index (χ2v) is 5.95. The van der Waals surface area contributed by atoms with Crippen molar-refractivity contribution >= 4 is 5.91 Å². The number of benzene rings is 1. The number of amides is 1. The highest BCUT2D eigenvalue weighted by Gasteiger charge is 2.14. The molecule has 0 saturated heterocycles. The number of aryl methyl sites for hydroxylation is 1. The van der Waals surface area contributed by atoms with E-state index in [2.05, 4.69) is 56.5 Å². The van der Waals surface area contributed by atoms with Gasteiger partial charge in [0.2, 0.25) is 5.91 Å². The zero-order chi connectivity index (χ0) is 14.5. The fraction of sp³-hybridized carbons (Fsp3) is 0.562. The van der Waals surface area contributed by atoms with Crippen molar-refractivity contribution in [2.24, 2.45) is 0 Å². The third-order valence-electron chi connectivity index (χ3n) is 3.23. The van der Waals surface area contributed by atoms with Crippen molar-refractivity contribution in [3.8, 4) is 0 Å². The molecule has 0 radical (unpaired) electrons. The van der Waals surface area contributed by atoms with Gasteiger partial charge in [0, 0.05) is 6.54 Å². The monoisotopic (exact) mass is 262 g/mol. The minimum absolute atomic E-state index is 0.0439. The molecule has 106 valence electrons. The van der Waals surface area contributed by atoms with Crippen LogP contribution in [-0.4, -0.2) is 19.0 Å². The second kappa shape index (κ2) is 6.71. The summed E-state index contributed by atoms with van der Waals surface area (Å²) in [6.07, 6.45) is 0. The van der Waals surface area contributed by atoms with Gasteiger partial charge in [0.05, 0.1) is 6.54 Å². The SMILES string of the molecule is CCNCC(=O)NCc1cc(C(C)(C)C)ccc1C. The summed E-state index contributed by atoms with van der Waals surface area (Å²) in [4.78, 5) is 11.6. The molecule has 0 bridgehead atoms. The molecule has 0 fully saturated rings. The summed E-state index contributed by atoms with van der Waals surface area (Å²) in [5.74, 6) is 0.0439. The van der Waals surface area contributed by atoms with Gasteiger partial charge >= 0.3 is 0 Å². The Bertz CT molecular complexity index is 433. The Balaban J connectivity index is 2.70. The fourth-order valence-corrected chi connectivity index (χ4v) is 1.82. The Hall–Kier alpha value is -1.35. The Morgan fingerprint density at radius 2 is 1.95 bits per heavy atom. The lowest BCUT2D eigenvalue weighted by Gasteiger charge is -2.21. The Morgan fingerprint density at radius 1 is 1.26 bits per heavy atom. The van der Waals surface area contributed by atoms with E-state index in [-0.39, 0.29) is 11.3 Å². The molecule has 0 aliphatic carbocycles. The lowest BCUT2D eigenvalue weighted by atomic mass is 9.85. The first-order valence-electron chi connectivity index (χ1n) is 6.92. The fourth-order valence-electron chi connectivity index (χ4n) is 1.82. The zero-order valence-corrected chi connectivity index (χ0v) is 12.8. The average molecular weight is 262 g/mol. The molecule has 0 spiro atoms.